The van der Waals surface area contributed by atoms with Gasteiger partial charge in [0.2, 0.25) is 0 Å². The van der Waals surface area contributed by atoms with Crippen molar-refractivity contribution in [3.8, 4) is 29.0 Å². The lowest BCUT2D eigenvalue weighted by atomic mass is 10.0. The van der Waals surface area contributed by atoms with Gasteiger partial charge >= 0.3 is 10.1 Å². The van der Waals surface area contributed by atoms with E-state index >= 15 is 0 Å². The molecule has 0 N–H and O–H groups in total. The second kappa shape index (κ2) is 9.69. The van der Waals surface area contributed by atoms with Gasteiger partial charge in [-0.15, -0.1) is 0 Å². The summed E-state index contributed by atoms with van der Waals surface area (Å²) in [5, 5.41) is 19.0. The molecule has 2 heterocycles. The highest BCUT2D eigenvalue weighted by molar-refractivity contribution is 7.87. The number of nitriles is 2. The van der Waals surface area contributed by atoms with Crippen molar-refractivity contribution < 1.29 is 12.6 Å². The molecule has 0 aliphatic heterocycles. The summed E-state index contributed by atoms with van der Waals surface area (Å²) >= 11 is 0. The summed E-state index contributed by atoms with van der Waals surface area (Å²) in [5.41, 5.74) is 6.32. The van der Waals surface area contributed by atoms with Crippen molar-refractivity contribution in [3.05, 3.63) is 100 Å². The fourth-order valence-corrected chi connectivity index (χ4v) is 5.32. The van der Waals surface area contributed by atoms with Crippen molar-refractivity contribution in [1.29, 1.82) is 10.5 Å². The largest absolute Gasteiger partial charge is 0.377 e. The van der Waals surface area contributed by atoms with Gasteiger partial charge in [0.05, 0.1) is 22.9 Å². The average Bonchev–Trinajstić information content (AvgIpc) is 3.12. The molecule has 4 rings (SSSR count). The van der Waals surface area contributed by atoms with Crippen LogP contribution in [0.3, 0.4) is 0 Å². The SMILES string of the molecule is Cc1ncc(Cn2c(C)c(C#N)c(-c3ccc(C#N)cc3)c2C)c(C)c1OS(=O)(=O)c1ccccc1. The zero-order chi connectivity index (χ0) is 26.0. The van der Waals surface area contributed by atoms with E-state index in [9.17, 15) is 13.7 Å². The zero-order valence-electron chi connectivity index (χ0n) is 20.4. The lowest BCUT2D eigenvalue weighted by Gasteiger charge is -2.16. The van der Waals surface area contributed by atoms with Crippen LogP contribution in [0, 0.1) is 50.4 Å². The fourth-order valence-electron chi connectivity index (χ4n) is 4.27. The Morgan fingerprint density at radius 1 is 0.917 bits per heavy atom. The number of aryl methyl sites for hydroxylation is 1. The first-order valence-corrected chi connectivity index (χ1v) is 12.6. The van der Waals surface area contributed by atoms with Crippen molar-refractivity contribution in [1.82, 2.24) is 9.55 Å². The molecule has 2 aromatic carbocycles. The molecule has 0 saturated heterocycles. The molecule has 0 saturated carbocycles. The topological polar surface area (TPSA) is 109 Å². The lowest BCUT2D eigenvalue weighted by Crippen LogP contribution is -2.13. The number of pyridine rings is 1. The summed E-state index contributed by atoms with van der Waals surface area (Å²) in [6, 6.07) is 19.5. The molecule has 4 aromatic rings. The summed E-state index contributed by atoms with van der Waals surface area (Å²) in [4.78, 5) is 4.47. The van der Waals surface area contributed by atoms with E-state index in [0.29, 0.717) is 28.9 Å². The van der Waals surface area contributed by atoms with Gasteiger partial charge in [-0.05, 0) is 63.1 Å². The van der Waals surface area contributed by atoms with Gasteiger partial charge in [0.15, 0.2) is 5.75 Å². The Hall–Kier alpha value is -4.40. The highest BCUT2D eigenvalue weighted by Gasteiger charge is 2.23. The Balaban J connectivity index is 1.75. The summed E-state index contributed by atoms with van der Waals surface area (Å²) in [5.74, 6) is 0.201. The molecule has 8 heteroatoms. The number of nitrogens with zero attached hydrogens (tertiary/aromatic N) is 4. The second-order valence-corrected chi connectivity index (χ2v) is 10.0. The third kappa shape index (κ3) is 4.47. The summed E-state index contributed by atoms with van der Waals surface area (Å²) in [6.45, 7) is 7.71. The summed E-state index contributed by atoms with van der Waals surface area (Å²) in [6.07, 6.45) is 1.71. The molecule has 0 unspecified atom stereocenters. The Morgan fingerprint density at radius 3 is 2.19 bits per heavy atom. The van der Waals surface area contributed by atoms with E-state index in [-0.39, 0.29) is 10.6 Å². The van der Waals surface area contributed by atoms with Gasteiger partial charge in [0.1, 0.15) is 11.0 Å². The number of aromatic nitrogens is 2. The molecule has 0 fully saturated rings. The van der Waals surface area contributed by atoms with Crippen molar-refractivity contribution in [2.45, 2.75) is 39.1 Å². The number of benzene rings is 2. The van der Waals surface area contributed by atoms with Gasteiger partial charge in [0.25, 0.3) is 0 Å². The molecular weight excluding hydrogens is 472 g/mol. The fraction of sp³-hybridized carbons (Fsp3) is 0.179. The second-order valence-electron chi connectivity index (χ2n) is 8.48. The molecular formula is C28H24N4O3S. The van der Waals surface area contributed by atoms with Gasteiger partial charge in [-0.1, -0.05) is 30.3 Å². The molecule has 36 heavy (non-hydrogen) atoms. The first-order valence-electron chi connectivity index (χ1n) is 11.2. The molecule has 0 atom stereocenters. The van der Waals surface area contributed by atoms with E-state index in [2.05, 4.69) is 17.1 Å². The van der Waals surface area contributed by atoms with Crippen LogP contribution in [0.5, 0.6) is 5.75 Å². The van der Waals surface area contributed by atoms with Crippen molar-refractivity contribution >= 4 is 10.1 Å². The van der Waals surface area contributed by atoms with E-state index < -0.39 is 10.1 Å². The summed E-state index contributed by atoms with van der Waals surface area (Å²) in [7, 11) is -4.03. The molecule has 0 amide bonds. The Morgan fingerprint density at radius 2 is 1.58 bits per heavy atom. The Kier molecular flexibility index (Phi) is 6.65. The molecule has 0 aliphatic carbocycles. The van der Waals surface area contributed by atoms with Crippen LogP contribution < -0.4 is 4.18 Å². The van der Waals surface area contributed by atoms with Crippen LogP contribution in [0.4, 0.5) is 0 Å². The van der Waals surface area contributed by atoms with Gasteiger partial charge in [-0.25, -0.2) is 0 Å². The van der Waals surface area contributed by atoms with Crippen LogP contribution >= 0.6 is 0 Å². The minimum absolute atomic E-state index is 0.0667. The predicted octanol–water partition coefficient (Wildman–Crippen LogP) is 5.34. The third-order valence-electron chi connectivity index (χ3n) is 6.32. The van der Waals surface area contributed by atoms with Gasteiger partial charge in [0, 0.05) is 35.3 Å². The van der Waals surface area contributed by atoms with Crippen LogP contribution in [0.15, 0.2) is 65.7 Å². The van der Waals surface area contributed by atoms with Gasteiger partial charge in [-0.3, -0.25) is 4.98 Å². The number of hydrogen-bond donors (Lipinski definition) is 0. The van der Waals surface area contributed by atoms with E-state index in [1.165, 1.54) is 12.1 Å². The van der Waals surface area contributed by atoms with Crippen molar-refractivity contribution in [2.24, 2.45) is 0 Å². The summed E-state index contributed by atoms with van der Waals surface area (Å²) < 4.78 is 33.3. The standard InChI is InChI=1S/C28H24N4O3S/c1-18-24(16-31-19(2)28(18)35-36(33,34)25-8-6-5-7-9-25)17-32-20(3)26(15-30)27(21(32)4)23-12-10-22(14-29)11-13-23/h5-13,16H,17H2,1-4H3. The van der Waals surface area contributed by atoms with Crippen molar-refractivity contribution in [3.63, 3.8) is 0 Å². The van der Waals surface area contributed by atoms with Crippen LogP contribution in [0.1, 0.15) is 39.3 Å². The zero-order valence-corrected chi connectivity index (χ0v) is 21.2. The lowest BCUT2D eigenvalue weighted by molar-refractivity contribution is 0.479. The maximum Gasteiger partial charge on any atom is 0.339 e. The molecule has 0 spiro atoms. The quantitative estimate of drug-likeness (QED) is 0.333. The van der Waals surface area contributed by atoms with Crippen LogP contribution in [-0.2, 0) is 16.7 Å². The van der Waals surface area contributed by atoms with E-state index in [1.807, 2.05) is 30.5 Å². The van der Waals surface area contributed by atoms with Crippen LogP contribution in [0.2, 0.25) is 0 Å². The maximum atomic E-state index is 12.9. The molecule has 0 aliphatic rings. The smallest absolute Gasteiger partial charge is 0.339 e. The first-order chi connectivity index (χ1) is 17.2. The molecule has 2 aromatic heterocycles. The number of hydrogen-bond acceptors (Lipinski definition) is 6. The third-order valence-corrected chi connectivity index (χ3v) is 7.55. The highest BCUT2D eigenvalue weighted by Crippen LogP contribution is 2.34. The molecule has 0 radical (unpaired) electrons. The predicted molar refractivity (Wildman–Crippen MR) is 136 cm³/mol. The normalized spacial score (nSPS) is 11.1. The molecule has 180 valence electrons. The van der Waals surface area contributed by atoms with Crippen molar-refractivity contribution in [2.75, 3.05) is 0 Å². The van der Waals surface area contributed by atoms with E-state index in [4.69, 9.17) is 9.44 Å². The van der Waals surface area contributed by atoms with Gasteiger partial charge < -0.3 is 8.75 Å². The minimum atomic E-state index is -4.03. The average molecular weight is 497 g/mol. The van der Waals surface area contributed by atoms with E-state index in [0.717, 1.165) is 28.1 Å². The highest BCUT2D eigenvalue weighted by atomic mass is 32.2. The Bertz CT molecular complexity index is 1640. The minimum Gasteiger partial charge on any atom is -0.377 e. The molecule has 7 nitrogen and oxygen atoms in total. The van der Waals surface area contributed by atoms with Gasteiger partial charge in [-0.2, -0.15) is 18.9 Å². The first kappa shape index (κ1) is 24.7. The van der Waals surface area contributed by atoms with E-state index in [1.54, 1.807) is 50.4 Å². The number of rotatable bonds is 6. The van der Waals surface area contributed by atoms with Crippen LogP contribution in [0.25, 0.3) is 11.1 Å². The maximum absolute atomic E-state index is 12.9. The monoisotopic (exact) mass is 496 g/mol. The van der Waals surface area contributed by atoms with Crippen LogP contribution in [-0.4, -0.2) is 18.0 Å². The molecule has 0 bridgehead atoms. The Labute approximate surface area is 211 Å².